The number of hydrogen-bond donors (Lipinski definition) is 0. The van der Waals surface area contributed by atoms with Crippen molar-refractivity contribution >= 4 is 17.5 Å². The Labute approximate surface area is 154 Å². The molecule has 2 heterocycles. The highest BCUT2D eigenvalue weighted by atomic mass is 35.5. The van der Waals surface area contributed by atoms with E-state index < -0.39 is 11.7 Å². The third-order valence-electron chi connectivity index (χ3n) is 4.43. The van der Waals surface area contributed by atoms with Gasteiger partial charge in [-0.3, -0.25) is 4.79 Å². The third kappa shape index (κ3) is 3.08. The van der Waals surface area contributed by atoms with Gasteiger partial charge in [-0.2, -0.15) is 4.98 Å². The number of carbonyl (C=O) groups excluding carboxylic acids is 1. The Kier molecular flexibility index (Phi) is 4.42. The lowest BCUT2D eigenvalue weighted by Gasteiger charge is -2.22. The first-order valence-corrected chi connectivity index (χ1v) is 8.66. The summed E-state index contributed by atoms with van der Waals surface area (Å²) in [5.41, 5.74) is 0.825. The van der Waals surface area contributed by atoms with Gasteiger partial charge < -0.3 is 9.42 Å². The highest BCUT2D eigenvalue weighted by Gasteiger charge is 2.35. The molecule has 0 bridgehead atoms. The maximum atomic E-state index is 14.1. The summed E-state index contributed by atoms with van der Waals surface area (Å²) in [5, 5.41) is 4.26. The average Bonchev–Trinajstić information content (AvgIpc) is 3.31. The number of nitrogens with zero attached hydrogens (tertiary/aromatic N) is 3. The maximum absolute atomic E-state index is 14.1. The van der Waals surface area contributed by atoms with Crippen molar-refractivity contribution in [2.45, 2.75) is 18.9 Å². The van der Waals surface area contributed by atoms with E-state index in [1.165, 1.54) is 12.1 Å². The molecule has 0 spiro atoms. The zero-order valence-corrected chi connectivity index (χ0v) is 14.5. The van der Waals surface area contributed by atoms with Crippen LogP contribution in [0.1, 0.15) is 35.1 Å². The Morgan fingerprint density at radius 3 is 2.81 bits per heavy atom. The van der Waals surface area contributed by atoms with Crippen molar-refractivity contribution in [1.29, 1.82) is 0 Å². The minimum Gasteiger partial charge on any atom is -0.337 e. The molecule has 1 aliphatic heterocycles. The van der Waals surface area contributed by atoms with Crippen LogP contribution in [-0.4, -0.2) is 27.5 Å². The van der Waals surface area contributed by atoms with Crippen LogP contribution in [0, 0.1) is 5.82 Å². The molecule has 2 aromatic carbocycles. The van der Waals surface area contributed by atoms with Gasteiger partial charge in [0.15, 0.2) is 0 Å². The Hall–Kier alpha value is -2.73. The molecule has 26 heavy (non-hydrogen) atoms. The molecule has 1 saturated heterocycles. The second-order valence-electron chi connectivity index (χ2n) is 6.10. The lowest BCUT2D eigenvalue weighted by atomic mass is 10.1. The van der Waals surface area contributed by atoms with Crippen LogP contribution in [0.15, 0.2) is 53.1 Å². The van der Waals surface area contributed by atoms with Crippen molar-refractivity contribution < 1.29 is 13.7 Å². The lowest BCUT2D eigenvalue weighted by Crippen LogP contribution is -2.31. The molecular formula is C19H15ClFN3O2. The fraction of sp³-hybridized carbons (Fsp3) is 0.211. The van der Waals surface area contributed by atoms with Gasteiger partial charge in [-0.15, -0.1) is 0 Å². The number of carbonyl (C=O) groups is 1. The molecule has 1 aliphatic rings. The standard InChI is InChI=1S/C19H15ClFN3O2/c20-13-8-9-14(15(21)11-13)19(25)24-10-4-7-16(24)18-22-17(23-26-18)12-5-2-1-3-6-12/h1-3,5-6,8-9,11,16H,4,7,10H2. The molecule has 7 heteroatoms. The van der Waals surface area contributed by atoms with E-state index in [4.69, 9.17) is 16.1 Å². The number of rotatable bonds is 3. The first-order chi connectivity index (χ1) is 12.6. The van der Waals surface area contributed by atoms with Gasteiger partial charge >= 0.3 is 0 Å². The summed E-state index contributed by atoms with van der Waals surface area (Å²) < 4.78 is 19.5. The van der Waals surface area contributed by atoms with E-state index in [0.29, 0.717) is 24.7 Å². The van der Waals surface area contributed by atoms with Crippen LogP contribution in [0.5, 0.6) is 0 Å². The smallest absolute Gasteiger partial charge is 0.257 e. The zero-order chi connectivity index (χ0) is 18.1. The minimum absolute atomic E-state index is 0.0101. The van der Waals surface area contributed by atoms with E-state index in [-0.39, 0.29) is 16.6 Å². The summed E-state index contributed by atoms with van der Waals surface area (Å²) in [6.07, 6.45) is 1.48. The van der Waals surface area contributed by atoms with Crippen LogP contribution in [0.3, 0.4) is 0 Å². The van der Waals surface area contributed by atoms with Gasteiger partial charge in [-0.25, -0.2) is 4.39 Å². The summed E-state index contributed by atoms with van der Waals surface area (Å²) in [6, 6.07) is 13.1. The quantitative estimate of drug-likeness (QED) is 0.679. The number of halogens is 2. The van der Waals surface area contributed by atoms with Crippen molar-refractivity contribution in [3.63, 3.8) is 0 Å². The van der Waals surface area contributed by atoms with Gasteiger partial charge in [0.2, 0.25) is 11.7 Å². The van der Waals surface area contributed by atoms with Gasteiger partial charge in [0, 0.05) is 17.1 Å². The summed E-state index contributed by atoms with van der Waals surface area (Å²) >= 11 is 5.77. The molecule has 1 amide bonds. The minimum atomic E-state index is -0.636. The van der Waals surface area contributed by atoms with Crippen LogP contribution < -0.4 is 0 Å². The zero-order valence-electron chi connectivity index (χ0n) is 13.7. The molecule has 1 aromatic heterocycles. The van der Waals surface area contributed by atoms with Crippen molar-refractivity contribution in [3.8, 4) is 11.4 Å². The van der Waals surface area contributed by atoms with Crippen LogP contribution >= 0.6 is 11.6 Å². The predicted octanol–water partition coefficient (Wildman–Crippen LogP) is 4.51. The van der Waals surface area contributed by atoms with Gasteiger partial charge in [-0.05, 0) is 31.0 Å². The fourth-order valence-electron chi connectivity index (χ4n) is 3.16. The van der Waals surface area contributed by atoms with Crippen molar-refractivity contribution in [2.75, 3.05) is 6.54 Å². The summed E-state index contributed by atoms with van der Waals surface area (Å²) in [5.74, 6) is -0.202. The first-order valence-electron chi connectivity index (χ1n) is 8.28. The van der Waals surface area contributed by atoms with Crippen LogP contribution in [0.4, 0.5) is 4.39 Å². The monoisotopic (exact) mass is 371 g/mol. The number of amides is 1. The number of hydrogen-bond acceptors (Lipinski definition) is 4. The average molecular weight is 372 g/mol. The van der Waals surface area contributed by atoms with E-state index in [1.54, 1.807) is 4.90 Å². The molecule has 1 atom stereocenters. The molecule has 5 nitrogen and oxygen atoms in total. The van der Waals surface area contributed by atoms with E-state index in [1.807, 2.05) is 30.3 Å². The molecule has 4 rings (SSSR count). The van der Waals surface area contributed by atoms with E-state index >= 15 is 0 Å². The van der Waals surface area contributed by atoms with Crippen molar-refractivity contribution in [3.05, 3.63) is 70.8 Å². The molecule has 1 fully saturated rings. The fourth-order valence-corrected chi connectivity index (χ4v) is 3.32. The predicted molar refractivity (Wildman–Crippen MR) is 94.2 cm³/mol. The van der Waals surface area contributed by atoms with E-state index in [9.17, 15) is 9.18 Å². The second kappa shape index (κ2) is 6.88. The third-order valence-corrected chi connectivity index (χ3v) is 4.67. The van der Waals surface area contributed by atoms with E-state index in [2.05, 4.69) is 10.1 Å². The van der Waals surface area contributed by atoms with Gasteiger partial charge in [0.05, 0.1) is 5.56 Å². The largest absolute Gasteiger partial charge is 0.337 e. The number of likely N-dealkylation sites (tertiary alicyclic amines) is 1. The Morgan fingerprint density at radius 1 is 1.23 bits per heavy atom. The Morgan fingerprint density at radius 2 is 2.04 bits per heavy atom. The summed E-state index contributed by atoms with van der Waals surface area (Å²) in [6.45, 7) is 0.509. The first kappa shape index (κ1) is 16.7. The molecule has 132 valence electrons. The summed E-state index contributed by atoms with van der Waals surface area (Å²) in [7, 11) is 0. The van der Waals surface area contributed by atoms with Crippen LogP contribution in [0.2, 0.25) is 5.02 Å². The topological polar surface area (TPSA) is 59.2 Å². The SMILES string of the molecule is O=C(c1ccc(Cl)cc1F)N1CCCC1c1nc(-c2ccccc2)no1. The number of aromatic nitrogens is 2. The molecule has 3 aromatic rings. The second-order valence-corrected chi connectivity index (χ2v) is 6.54. The van der Waals surface area contributed by atoms with Crippen molar-refractivity contribution in [1.82, 2.24) is 15.0 Å². The van der Waals surface area contributed by atoms with E-state index in [0.717, 1.165) is 18.1 Å². The molecule has 0 aliphatic carbocycles. The summed E-state index contributed by atoms with van der Waals surface area (Å²) in [4.78, 5) is 18.8. The molecule has 0 N–H and O–H groups in total. The lowest BCUT2D eigenvalue weighted by molar-refractivity contribution is 0.0705. The highest BCUT2D eigenvalue weighted by Crippen LogP contribution is 2.33. The van der Waals surface area contributed by atoms with Crippen LogP contribution in [0.25, 0.3) is 11.4 Å². The highest BCUT2D eigenvalue weighted by molar-refractivity contribution is 6.30. The molecule has 0 radical (unpaired) electrons. The van der Waals surface area contributed by atoms with Gasteiger partial charge in [-0.1, -0.05) is 47.1 Å². The number of benzene rings is 2. The van der Waals surface area contributed by atoms with Gasteiger partial charge in [0.1, 0.15) is 11.9 Å². The molecule has 1 unspecified atom stereocenters. The Balaban J connectivity index is 1.61. The van der Waals surface area contributed by atoms with Crippen LogP contribution in [-0.2, 0) is 0 Å². The Bertz CT molecular complexity index is 945. The molecular weight excluding hydrogens is 357 g/mol. The van der Waals surface area contributed by atoms with Crippen molar-refractivity contribution in [2.24, 2.45) is 0 Å². The maximum Gasteiger partial charge on any atom is 0.257 e. The molecule has 0 saturated carbocycles. The van der Waals surface area contributed by atoms with Gasteiger partial charge in [0.25, 0.3) is 5.91 Å². The normalized spacial score (nSPS) is 16.8.